The molecular weight excluding hydrogens is 410 g/mol. The molecule has 1 heterocycles. The van der Waals surface area contributed by atoms with Crippen LogP contribution in [-0.2, 0) is 0 Å². The summed E-state index contributed by atoms with van der Waals surface area (Å²) in [4.78, 5) is 4.82. The van der Waals surface area contributed by atoms with E-state index in [1.807, 2.05) is 30.3 Å². The van der Waals surface area contributed by atoms with Gasteiger partial charge >= 0.3 is 0 Å². The Morgan fingerprint density at radius 2 is 1.21 bits per heavy atom. The number of ether oxygens (including phenoxy) is 1. The van der Waals surface area contributed by atoms with Crippen LogP contribution >= 0.6 is 15.9 Å². The first-order valence-electron chi connectivity index (χ1n) is 10.2. The molecule has 0 spiro atoms. The van der Waals surface area contributed by atoms with Crippen molar-refractivity contribution in [3.8, 4) is 28.3 Å². The highest BCUT2D eigenvalue weighted by atomic mass is 79.9. The molecule has 0 aliphatic rings. The van der Waals surface area contributed by atoms with Gasteiger partial charge in [0.2, 0.25) is 0 Å². The minimum absolute atomic E-state index is 0.791. The van der Waals surface area contributed by atoms with Gasteiger partial charge in [-0.3, -0.25) is 0 Å². The van der Waals surface area contributed by atoms with Crippen molar-refractivity contribution in [3.63, 3.8) is 0 Å². The predicted octanol–water partition coefficient (Wildman–Crippen LogP) is 7.53. The maximum absolute atomic E-state index is 5.89. The normalized spacial score (nSPS) is 10.8. The molecule has 0 saturated carbocycles. The van der Waals surface area contributed by atoms with Crippen LogP contribution < -0.4 is 4.74 Å². The lowest BCUT2D eigenvalue weighted by molar-refractivity contribution is 0.304. The Balaban J connectivity index is 1.49. The van der Waals surface area contributed by atoms with Crippen molar-refractivity contribution in [1.29, 1.82) is 0 Å². The summed E-state index contributed by atoms with van der Waals surface area (Å²) in [5.41, 5.74) is 4.22. The van der Waals surface area contributed by atoms with E-state index < -0.39 is 0 Å². The molecule has 3 heteroatoms. The summed E-state index contributed by atoms with van der Waals surface area (Å²) in [6.45, 7) is 0.791. The highest BCUT2D eigenvalue weighted by Gasteiger charge is 2.04. The summed E-state index contributed by atoms with van der Waals surface area (Å²) < 4.78 is 5.89. The zero-order valence-corrected chi connectivity index (χ0v) is 17.9. The molecule has 0 saturated heterocycles. The van der Waals surface area contributed by atoms with Crippen LogP contribution in [0.1, 0.15) is 38.5 Å². The Bertz CT molecular complexity index is 817. The van der Waals surface area contributed by atoms with E-state index in [9.17, 15) is 0 Å². The number of halogens is 1. The third kappa shape index (κ3) is 6.49. The zero-order valence-electron chi connectivity index (χ0n) is 16.3. The number of alkyl halides is 1. The number of aromatic nitrogens is 1. The molecule has 1 aromatic heterocycles. The minimum Gasteiger partial charge on any atom is -0.494 e. The molecule has 0 atom stereocenters. The largest absolute Gasteiger partial charge is 0.494 e. The Labute approximate surface area is 177 Å². The molecule has 0 aliphatic carbocycles. The fourth-order valence-electron chi connectivity index (χ4n) is 3.18. The molecule has 0 unspecified atom stereocenters. The smallest absolute Gasteiger partial charge is 0.119 e. The second kappa shape index (κ2) is 11.7. The van der Waals surface area contributed by atoms with Crippen LogP contribution in [-0.4, -0.2) is 16.9 Å². The highest BCUT2D eigenvalue weighted by Crippen LogP contribution is 2.24. The van der Waals surface area contributed by atoms with E-state index in [-0.39, 0.29) is 0 Å². The third-order valence-electron chi connectivity index (χ3n) is 4.77. The van der Waals surface area contributed by atoms with Gasteiger partial charge in [0, 0.05) is 16.5 Å². The van der Waals surface area contributed by atoms with Crippen LogP contribution in [0.4, 0.5) is 0 Å². The summed E-state index contributed by atoms with van der Waals surface area (Å²) in [5, 5.41) is 1.12. The van der Waals surface area contributed by atoms with Crippen LogP contribution in [0.5, 0.6) is 5.75 Å². The number of nitrogens with zero attached hydrogens (tertiary/aromatic N) is 1. The van der Waals surface area contributed by atoms with E-state index in [0.29, 0.717) is 0 Å². The van der Waals surface area contributed by atoms with E-state index in [4.69, 9.17) is 9.72 Å². The van der Waals surface area contributed by atoms with Crippen molar-refractivity contribution in [2.45, 2.75) is 38.5 Å². The van der Waals surface area contributed by atoms with Crippen molar-refractivity contribution in [2.75, 3.05) is 11.9 Å². The summed E-state index contributed by atoms with van der Waals surface area (Å²) in [6.07, 6.45) is 7.61. The highest BCUT2D eigenvalue weighted by molar-refractivity contribution is 9.09. The monoisotopic (exact) mass is 437 g/mol. The van der Waals surface area contributed by atoms with E-state index in [0.717, 1.165) is 46.6 Å². The molecule has 3 rings (SSSR count). The topological polar surface area (TPSA) is 22.1 Å². The average molecular weight is 438 g/mol. The van der Waals surface area contributed by atoms with Gasteiger partial charge in [-0.25, -0.2) is 4.98 Å². The molecular formula is C25H28BrNO. The second-order valence-corrected chi connectivity index (χ2v) is 7.75. The summed E-state index contributed by atoms with van der Waals surface area (Å²) in [6, 6.07) is 24.7. The van der Waals surface area contributed by atoms with Crippen LogP contribution in [0.15, 0.2) is 72.8 Å². The van der Waals surface area contributed by atoms with Crippen molar-refractivity contribution >= 4 is 15.9 Å². The van der Waals surface area contributed by atoms with E-state index >= 15 is 0 Å². The molecule has 0 fully saturated rings. The van der Waals surface area contributed by atoms with Crippen LogP contribution in [0.3, 0.4) is 0 Å². The lowest BCUT2D eigenvalue weighted by Crippen LogP contribution is -1.97. The Hall–Kier alpha value is -2.13. The number of hydrogen-bond donors (Lipinski definition) is 0. The standard InChI is InChI=1S/C25H28BrNO/c26-19-8-3-1-2-4-9-20-28-23-17-15-22(16-18-23)25-14-10-13-24(27-25)21-11-6-5-7-12-21/h5-7,10-18H,1-4,8-9,19-20H2. The Kier molecular flexibility index (Phi) is 8.57. The van der Waals surface area contributed by atoms with Gasteiger partial charge in [-0.15, -0.1) is 0 Å². The number of benzene rings is 2. The van der Waals surface area contributed by atoms with Crippen LogP contribution in [0.2, 0.25) is 0 Å². The minimum atomic E-state index is 0.791. The number of hydrogen-bond acceptors (Lipinski definition) is 2. The molecule has 146 valence electrons. The lowest BCUT2D eigenvalue weighted by atomic mass is 10.1. The predicted molar refractivity (Wildman–Crippen MR) is 122 cm³/mol. The number of unbranched alkanes of at least 4 members (excludes halogenated alkanes) is 5. The Morgan fingerprint density at radius 3 is 1.89 bits per heavy atom. The second-order valence-electron chi connectivity index (χ2n) is 6.96. The van der Waals surface area contributed by atoms with Crippen molar-refractivity contribution in [1.82, 2.24) is 4.98 Å². The molecule has 2 nitrogen and oxygen atoms in total. The first kappa shape index (κ1) is 20.6. The van der Waals surface area contributed by atoms with Gasteiger partial charge in [-0.2, -0.15) is 0 Å². The maximum Gasteiger partial charge on any atom is 0.119 e. The fourth-order valence-corrected chi connectivity index (χ4v) is 3.58. The molecule has 0 amide bonds. The fraction of sp³-hybridized carbons (Fsp3) is 0.320. The first-order valence-corrected chi connectivity index (χ1v) is 11.3. The Morgan fingerprint density at radius 1 is 0.607 bits per heavy atom. The molecule has 0 aliphatic heterocycles. The van der Waals surface area contributed by atoms with Crippen LogP contribution in [0.25, 0.3) is 22.5 Å². The average Bonchev–Trinajstić information content (AvgIpc) is 2.77. The van der Waals surface area contributed by atoms with Gasteiger partial charge in [0.05, 0.1) is 18.0 Å². The van der Waals surface area contributed by atoms with Crippen molar-refractivity contribution < 1.29 is 4.74 Å². The third-order valence-corrected chi connectivity index (χ3v) is 5.33. The van der Waals surface area contributed by atoms with Gasteiger partial charge in [-0.1, -0.05) is 78.0 Å². The van der Waals surface area contributed by atoms with E-state index in [1.165, 1.54) is 32.1 Å². The zero-order chi connectivity index (χ0) is 19.4. The van der Waals surface area contributed by atoms with E-state index in [1.54, 1.807) is 0 Å². The molecule has 0 radical (unpaired) electrons. The number of pyridine rings is 1. The maximum atomic E-state index is 5.89. The quantitative estimate of drug-likeness (QED) is 0.228. The SMILES string of the molecule is BrCCCCCCCCOc1ccc(-c2cccc(-c3ccccc3)n2)cc1. The lowest BCUT2D eigenvalue weighted by Gasteiger charge is -2.08. The summed E-state index contributed by atoms with van der Waals surface area (Å²) in [7, 11) is 0. The van der Waals surface area contributed by atoms with Crippen LogP contribution in [0, 0.1) is 0 Å². The van der Waals surface area contributed by atoms with Crippen molar-refractivity contribution in [2.24, 2.45) is 0 Å². The molecule has 0 N–H and O–H groups in total. The van der Waals surface area contributed by atoms with Gasteiger partial charge in [0.15, 0.2) is 0 Å². The molecule has 0 bridgehead atoms. The van der Waals surface area contributed by atoms with Gasteiger partial charge in [-0.05, 0) is 49.2 Å². The molecule has 3 aromatic rings. The summed E-state index contributed by atoms with van der Waals surface area (Å²) >= 11 is 3.48. The van der Waals surface area contributed by atoms with Crippen molar-refractivity contribution in [3.05, 3.63) is 72.8 Å². The van der Waals surface area contributed by atoms with Gasteiger partial charge in [0.1, 0.15) is 5.75 Å². The molecule has 2 aromatic carbocycles. The molecule has 28 heavy (non-hydrogen) atoms. The number of rotatable bonds is 11. The van der Waals surface area contributed by atoms with Gasteiger partial charge in [0.25, 0.3) is 0 Å². The first-order chi connectivity index (χ1) is 13.9. The summed E-state index contributed by atoms with van der Waals surface area (Å²) in [5.74, 6) is 0.933. The van der Waals surface area contributed by atoms with E-state index in [2.05, 4.69) is 58.4 Å². The van der Waals surface area contributed by atoms with Gasteiger partial charge < -0.3 is 4.74 Å².